The number of aromatic nitrogens is 4. The molecule has 6 nitrogen and oxygen atoms in total. The highest BCUT2D eigenvalue weighted by Gasteiger charge is 2.31. The van der Waals surface area contributed by atoms with Gasteiger partial charge in [0.25, 0.3) is 0 Å². The summed E-state index contributed by atoms with van der Waals surface area (Å²) in [5.41, 5.74) is 2.23. The number of tetrazole rings is 1. The Hall–Kier alpha value is -2.65. The zero-order chi connectivity index (χ0) is 22.6. The molecular formula is C24H24ClFN6S. The first-order valence-electron chi connectivity index (χ1n) is 10.9. The Bertz CT molecular complexity index is 1150. The number of thiophene rings is 1. The van der Waals surface area contributed by atoms with Gasteiger partial charge in [0.1, 0.15) is 11.9 Å². The van der Waals surface area contributed by atoms with Crippen LogP contribution in [-0.2, 0) is 13.1 Å². The van der Waals surface area contributed by atoms with Crippen molar-refractivity contribution in [3.8, 4) is 0 Å². The summed E-state index contributed by atoms with van der Waals surface area (Å²) in [7, 11) is 0. The molecule has 5 rings (SSSR count). The normalized spacial score (nSPS) is 16.2. The van der Waals surface area contributed by atoms with Gasteiger partial charge in [0.2, 0.25) is 0 Å². The summed E-state index contributed by atoms with van der Waals surface area (Å²) >= 11 is 7.74. The van der Waals surface area contributed by atoms with Crippen molar-refractivity contribution in [2.24, 2.45) is 0 Å². The highest BCUT2D eigenvalue weighted by molar-refractivity contribution is 7.10. The van der Waals surface area contributed by atoms with E-state index in [0.29, 0.717) is 6.54 Å². The second-order valence-electron chi connectivity index (χ2n) is 8.18. The molecule has 33 heavy (non-hydrogen) atoms. The first kappa shape index (κ1) is 22.2. The Labute approximate surface area is 201 Å². The minimum atomic E-state index is -0.247. The fourth-order valence-corrected chi connectivity index (χ4v) is 5.21. The smallest absolute Gasteiger partial charge is 0.174 e. The number of piperazine rings is 1. The maximum atomic E-state index is 13.3. The molecular weight excluding hydrogens is 459 g/mol. The van der Waals surface area contributed by atoms with Crippen molar-refractivity contribution in [1.82, 2.24) is 30.0 Å². The molecule has 0 N–H and O–H groups in total. The van der Waals surface area contributed by atoms with Crippen molar-refractivity contribution in [3.05, 3.63) is 98.7 Å². The van der Waals surface area contributed by atoms with Gasteiger partial charge >= 0.3 is 0 Å². The summed E-state index contributed by atoms with van der Waals surface area (Å²) in [6, 6.07) is 18.8. The molecule has 2 aromatic heterocycles. The number of halogens is 2. The van der Waals surface area contributed by atoms with Crippen LogP contribution in [0.25, 0.3) is 0 Å². The first-order valence-corrected chi connectivity index (χ1v) is 12.2. The Morgan fingerprint density at radius 1 is 0.909 bits per heavy atom. The van der Waals surface area contributed by atoms with Crippen molar-refractivity contribution in [2.45, 2.75) is 19.1 Å². The summed E-state index contributed by atoms with van der Waals surface area (Å²) in [5, 5.41) is 15.5. The van der Waals surface area contributed by atoms with E-state index in [-0.39, 0.29) is 11.9 Å². The van der Waals surface area contributed by atoms with Gasteiger partial charge in [0.15, 0.2) is 5.82 Å². The molecule has 1 saturated heterocycles. The first-order chi connectivity index (χ1) is 16.2. The lowest BCUT2D eigenvalue weighted by molar-refractivity contribution is 0.101. The van der Waals surface area contributed by atoms with Crippen LogP contribution in [0.15, 0.2) is 66.0 Å². The summed E-state index contributed by atoms with van der Waals surface area (Å²) < 4.78 is 15.2. The van der Waals surface area contributed by atoms with E-state index >= 15 is 0 Å². The van der Waals surface area contributed by atoms with E-state index in [2.05, 4.69) is 55.0 Å². The van der Waals surface area contributed by atoms with E-state index in [1.54, 1.807) is 23.5 Å². The second-order valence-corrected chi connectivity index (χ2v) is 9.59. The SMILES string of the molecule is Fc1ccc(Cn2nnnc2[C@H](c2cccs2)N2CCN(Cc3ccc(Cl)cc3)CC2)cc1. The maximum Gasteiger partial charge on any atom is 0.174 e. The van der Waals surface area contributed by atoms with Crippen LogP contribution >= 0.6 is 22.9 Å². The van der Waals surface area contributed by atoms with Crippen LogP contribution in [0, 0.1) is 5.82 Å². The van der Waals surface area contributed by atoms with Gasteiger partial charge in [-0.15, -0.1) is 16.4 Å². The molecule has 9 heteroatoms. The van der Waals surface area contributed by atoms with Gasteiger partial charge in [-0.3, -0.25) is 9.80 Å². The third-order valence-corrected chi connectivity index (χ3v) is 7.13. The highest BCUT2D eigenvalue weighted by atomic mass is 35.5. The third kappa shape index (κ3) is 5.30. The lowest BCUT2D eigenvalue weighted by atomic mass is 10.1. The predicted molar refractivity (Wildman–Crippen MR) is 128 cm³/mol. The van der Waals surface area contributed by atoms with E-state index in [1.807, 2.05) is 16.8 Å². The fraction of sp³-hybridized carbons (Fsp3) is 0.292. The number of benzene rings is 2. The highest BCUT2D eigenvalue weighted by Crippen LogP contribution is 2.31. The number of hydrogen-bond donors (Lipinski definition) is 0. The van der Waals surface area contributed by atoms with Gasteiger partial charge in [0, 0.05) is 42.6 Å². The molecule has 0 unspecified atom stereocenters. The quantitative estimate of drug-likeness (QED) is 0.388. The molecule has 170 valence electrons. The van der Waals surface area contributed by atoms with Crippen molar-refractivity contribution < 1.29 is 4.39 Å². The molecule has 1 atom stereocenters. The Morgan fingerprint density at radius 3 is 2.30 bits per heavy atom. The number of rotatable bonds is 7. The molecule has 0 amide bonds. The predicted octanol–water partition coefficient (Wildman–Crippen LogP) is 4.48. The Kier molecular flexibility index (Phi) is 6.78. The van der Waals surface area contributed by atoms with Crippen LogP contribution < -0.4 is 0 Å². The van der Waals surface area contributed by atoms with Crippen LogP contribution in [0.1, 0.15) is 27.9 Å². The monoisotopic (exact) mass is 482 g/mol. The molecule has 0 bridgehead atoms. The van der Waals surface area contributed by atoms with Crippen molar-refractivity contribution >= 4 is 22.9 Å². The fourth-order valence-electron chi connectivity index (χ4n) is 4.23. The van der Waals surface area contributed by atoms with Gasteiger partial charge in [-0.05, 0) is 57.3 Å². The molecule has 3 heterocycles. The largest absolute Gasteiger partial charge is 0.297 e. The molecule has 0 saturated carbocycles. The maximum absolute atomic E-state index is 13.3. The minimum absolute atomic E-state index is 0.0156. The average molecular weight is 483 g/mol. The van der Waals surface area contributed by atoms with Gasteiger partial charge < -0.3 is 0 Å². The van der Waals surface area contributed by atoms with Crippen LogP contribution in [-0.4, -0.2) is 56.2 Å². The molecule has 4 aromatic rings. The van der Waals surface area contributed by atoms with Gasteiger partial charge in [-0.1, -0.05) is 41.9 Å². The number of nitrogens with zero attached hydrogens (tertiary/aromatic N) is 6. The molecule has 1 aliphatic rings. The minimum Gasteiger partial charge on any atom is -0.297 e. The molecule has 0 spiro atoms. The summed E-state index contributed by atoms with van der Waals surface area (Å²) in [4.78, 5) is 6.14. The van der Waals surface area contributed by atoms with E-state index in [1.165, 1.54) is 22.6 Å². The van der Waals surface area contributed by atoms with Crippen LogP contribution in [0.4, 0.5) is 4.39 Å². The van der Waals surface area contributed by atoms with Crippen molar-refractivity contribution in [1.29, 1.82) is 0 Å². The summed E-state index contributed by atoms with van der Waals surface area (Å²) in [6.07, 6.45) is 0. The average Bonchev–Trinajstić information content (AvgIpc) is 3.52. The standard InChI is InChI=1S/C24H24ClFN6S/c25-20-7-3-18(4-8-20)16-30-11-13-31(14-12-30)23(22-2-1-15-33-22)24-27-28-29-32(24)17-19-5-9-21(26)10-6-19/h1-10,15,23H,11-14,16-17H2/t23-/m0/s1. The van der Waals surface area contributed by atoms with Gasteiger partial charge in [-0.25, -0.2) is 9.07 Å². The lowest BCUT2D eigenvalue weighted by Gasteiger charge is -2.38. The van der Waals surface area contributed by atoms with Crippen LogP contribution in [0.3, 0.4) is 0 Å². The lowest BCUT2D eigenvalue weighted by Crippen LogP contribution is -2.47. The zero-order valence-electron chi connectivity index (χ0n) is 18.0. The van der Waals surface area contributed by atoms with Crippen LogP contribution in [0.5, 0.6) is 0 Å². The molecule has 0 radical (unpaired) electrons. The summed E-state index contributed by atoms with van der Waals surface area (Å²) in [6.45, 7) is 5.17. The van der Waals surface area contributed by atoms with E-state index in [4.69, 9.17) is 11.6 Å². The van der Waals surface area contributed by atoms with Gasteiger partial charge in [-0.2, -0.15) is 0 Å². The topological polar surface area (TPSA) is 50.1 Å². The Balaban J connectivity index is 1.32. The summed E-state index contributed by atoms with van der Waals surface area (Å²) in [5.74, 6) is 0.566. The zero-order valence-corrected chi connectivity index (χ0v) is 19.6. The van der Waals surface area contributed by atoms with Crippen LogP contribution in [0.2, 0.25) is 5.02 Å². The Morgan fingerprint density at radius 2 is 1.61 bits per heavy atom. The third-order valence-electron chi connectivity index (χ3n) is 5.95. The molecule has 0 aliphatic carbocycles. The number of hydrogen-bond acceptors (Lipinski definition) is 6. The van der Waals surface area contributed by atoms with Gasteiger partial charge in [0.05, 0.1) is 6.54 Å². The van der Waals surface area contributed by atoms with E-state index in [9.17, 15) is 4.39 Å². The second kappa shape index (κ2) is 10.1. The van der Waals surface area contributed by atoms with Crippen molar-refractivity contribution in [2.75, 3.05) is 26.2 Å². The van der Waals surface area contributed by atoms with E-state index < -0.39 is 0 Å². The van der Waals surface area contributed by atoms with E-state index in [0.717, 1.165) is 49.1 Å². The molecule has 1 aliphatic heterocycles. The van der Waals surface area contributed by atoms with Crippen molar-refractivity contribution in [3.63, 3.8) is 0 Å². The molecule has 1 fully saturated rings. The molecule has 2 aromatic carbocycles.